The molecule has 0 bridgehead atoms. The van der Waals surface area contributed by atoms with Crippen LogP contribution in [0, 0.1) is 0 Å². The normalized spacial score (nSPS) is 15.7. The molecule has 66 valence electrons. The molecule has 1 aromatic rings. The maximum Gasteiger partial charge on any atom is 0.0650 e. The Morgan fingerprint density at radius 1 is 1.50 bits per heavy atom. The maximum absolute atomic E-state index is 9.03. The van der Waals surface area contributed by atoms with E-state index in [1.54, 1.807) is 6.92 Å². The Labute approximate surface area is 80.5 Å². The monoisotopic (exact) mass is 229 g/mol. The van der Waals surface area contributed by atoms with Gasteiger partial charge in [0.1, 0.15) is 0 Å². The van der Waals surface area contributed by atoms with E-state index in [9.17, 15) is 0 Å². The fourth-order valence-corrected chi connectivity index (χ4v) is 1.75. The Morgan fingerprint density at radius 3 is 2.58 bits per heavy atom. The van der Waals surface area contributed by atoms with E-state index in [0.717, 1.165) is 10.0 Å². The van der Waals surface area contributed by atoms with Gasteiger partial charge in [-0.15, -0.1) is 0 Å². The largest absolute Gasteiger partial charge is 0.394 e. The van der Waals surface area contributed by atoms with Gasteiger partial charge in [-0.2, -0.15) is 0 Å². The van der Waals surface area contributed by atoms with Gasteiger partial charge in [0.15, 0.2) is 0 Å². The zero-order valence-electron chi connectivity index (χ0n) is 6.92. The third-order valence-electron chi connectivity index (χ3n) is 1.82. The average Bonchev–Trinajstić information content (AvgIpc) is 2.05. The van der Waals surface area contributed by atoms with Crippen LogP contribution < -0.4 is 5.73 Å². The minimum absolute atomic E-state index is 0.0599. The third kappa shape index (κ3) is 1.86. The predicted molar refractivity (Wildman–Crippen MR) is 52.8 cm³/mol. The lowest BCUT2D eigenvalue weighted by atomic mass is 9.94. The highest BCUT2D eigenvalue weighted by atomic mass is 79.9. The Kier molecular flexibility index (Phi) is 2.88. The Hall–Kier alpha value is -0.380. The molecule has 0 saturated heterocycles. The number of aliphatic hydroxyl groups is 1. The molecule has 1 rings (SSSR count). The van der Waals surface area contributed by atoms with Gasteiger partial charge >= 0.3 is 0 Å². The van der Waals surface area contributed by atoms with Crippen LogP contribution in [0.15, 0.2) is 28.7 Å². The number of nitrogens with two attached hydrogens (primary N) is 1. The van der Waals surface area contributed by atoms with Gasteiger partial charge in [-0.1, -0.05) is 34.1 Å². The van der Waals surface area contributed by atoms with Gasteiger partial charge in [-0.25, -0.2) is 0 Å². The summed E-state index contributed by atoms with van der Waals surface area (Å²) in [6.07, 6.45) is 0. The van der Waals surface area contributed by atoms with Crippen molar-refractivity contribution in [3.63, 3.8) is 0 Å². The summed E-state index contributed by atoms with van der Waals surface area (Å²) < 4.78 is 0.934. The molecule has 0 aliphatic carbocycles. The summed E-state index contributed by atoms with van der Waals surface area (Å²) in [5, 5.41) is 9.03. The molecule has 0 saturated carbocycles. The molecular formula is C9H12BrNO. The molecule has 0 spiro atoms. The van der Waals surface area contributed by atoms with Gasteiger partial charge in [0.05, 0.1) is 12.1 Å². The van der Waals surface area contributed by atoms with Crippen LogP contribution in [-0.2, 0) is 5.54 Å². The van der Waals surface area contributed by atoms with Crippen molar-refractivity contribution in [3.8, 4) is 0 Å². The van der Waals surface area contributed by atoms with Crippen LogP contribution in [0.3, 0.4) is 0 Å². The molecule has 12 heavy (non-hydrogen) atoms. The number of halogens is 1. The van der Waals surface area contributed by atoms with Gasteiger partial charge < -0.3 is 10.8 Å². The van der Waals surface area contributed by atoms with Crippen LogP contribution in [0.2, 0.25) is 0 Å². The fraction of sp³-hybridized carbons (Fsp3) is 0.333. The van der Waals surface area contributed by atoms with Crippen molar-refractivity contribution in [2.45, 2.75) is 12.5 Å². The molecular weight excluding hydrogens is 218 g/mol. The Morgan fingerprint density at radius 2 is 2.08 bits per heavy atom. The highest BCUT2D eigenvalue weighted by molar-refractivity contribution is 9.10. The molecule has 0 heterocycles. The summed E-state index contributed by atoms with van der Waals surface area (Å²) in [5.41, 5.74) is 6.12. The van der Waals surface area contributed by atoms with Crippen LogP contribution >= 0.6 is 15.9 Å². The third-order valence-corrected chi connectivity index (χ3v) is 2.51. The predicted octanol–water partition coefficient (Wildman–Crippen LogP) is 1.62. The first-order valence-corrected chi connectivity index (χ1v) is 4.52. The zero-order valence-corrected chi connectivity index (χ0v) is 8.51. The van der Waals surface area contributed by atoms with Crippen molar-refractivity contribution in [1.82, 2.24) is 0 Å². The highest BCUT2D eigenvalue weighted by Crippen LogP contribution is 2.25. The molecule has 0 aliphatic rings. The van der Waals surface area contributed by atoms with Gasteiger partial charge in [-0.05, 0) is 18.6 Å². The van der Waals surface area contributed by atoms with Gasteiger partial charge in [0.2, 0.25) is 0 Å². The molecule has 0 aromatic heterocycles. The van der Waals surface area contributed by atoms with Crippen molar-refractivity contribution in [2.75, 3.05) is 6.61 Å². The number of hydrogen-bond donors (Lipinski definition) is 2. The lowest BCUT2D eigenvalue weighted by Gasteiger charge is -2.23. The second-order valence-corrected chi connectivity index (χ2v) is 3.91. The molecule has 0 radical (unpaired) electrons. The van der Waals surface area contributed by atoms with Crippen LogP contribution in [0.25, 0.3) is 0 Å². The minimum Gasteiger partial charge on any atom is -0.394 e. The standard InChI is InChI=1S/C9H12BrNO/c1-9(11,6-12)7-4-2-3-5-8(7)10/h2-5,12H,6,11H2,1H3. The van der Waals surface area contributed by atoms with E-state index in [1.807, 2.05) is 24.3 Å². The van der Waals surface area contributed by atoms with Gasteiger partial charge in [0, 0.05) is 4.47 Å². The number of hydrogen-bond acceptors (Lipinski definition) is 2. The van der Waals surface area contributed by atoms with Crippen molar-refractivity contribution in [3.05, 3.63) is 34.3 Å². The zero-order chi connectivity index (χ0) is 9.19. The first-order chi connectivity index (χ1) is 5.58. The van der Waals surface area contributed by atoms with Crippen LogP contribution in [0.4, 0.5) is 0 Å². The fourth-order valence-electron chi connectivity index (χ4n) is 1.01. The molecule has 1 unspecified atom stereocenters. The average molecular weight is 230 g/mol. The van der Waals surface area contributed by atoms with E-state index < -0.39 is 5.54 Å². The van der Waals surface area contributed by atoms with Crippen molar-refractivity contribution in [2.24, 2.45) is 5.73 Å². The summed E-state index contributed by atoms with van der Waals surface area (Å²) in [7, 11) is 0. The molecule has 3 N–H and O–H groups in total. The van der Waals surface area contributed by atoms with Crippen LogP contribution in [-0.4, -0.2) is 11.7 Å². The first kappa shape index (κ1) is 9.71. The molecule has 0 aliphatic heterocycles. The molecule has 2 nitrogen and oxygen atoms in total. The Balaban J connectivity index is 3.10. The second kappa shape index (κ2) is 3.56. The van der Waals surface area contributed by atoms with E-state index in [-0.39, 0.29) is 6.61 Å². The molecule has 3 heteroatoms. The van der Waals surface area contributed by atoms with Crippen molar-refractivity contribution in [1.29, 1.82) is 0 Å². The van der Waals surface area contributed by atoms with E-state index >= 15 is 0 Å². The summed E-state index contributed by atoms with van der Waals surface area (Å²) in [4.78, 5) is 0. The second-order valence-electron chi connectivity index (χ2n) is 3.06. The lowest BCUT2D eigenvalue weighted by molar-refractivity contribution is 0.209. The van der Waals surface area contributed by atoms with Crippen LogP contribution in [0.1, 0.15) is 12.5 Å². The lowest BCUT2D eigenvalue weighted by Crippen LogP contribution is -2.37. The summed E-state index contributed by atoms with van der Waals surface area (Å²) in [6.45, 7) is 1.74. The highest BCUT2D eigenvalue weighted by Gasteiger charge is 2.21. The molecule has 0 amide bonds. The smallest absolute Gasteiger partial charge is 0.0650 e. The van der Waals surface area contributed by atoms with Crippen molar-refractivity contribution < 1.29 is 5.11 Å². The van der Waals surface area contributed by atoms with Gasteiger partial charge in [-0.3, -0.25) is 0 Å². The summed E-state index contributed by atoms with van der Waals surface area (Å²) >= 11 is 3.38. The van der Waals surface area contributed by atoms with E-state index in [2.05, 4.69) is 15.9 Å². The number of aliphatic hydroxyl groups excluding tert-OH is 1. The molecule has 1 atom stereocenters. The van der Waals surface area contributed by atoms with Gasteiger partial charge in [0.25, 0.3) is 0 Å². The number of rotatable bonds is 2. The van der Waals surface area contributed by atoms with Crippen LogP contribution in [0.5, 0.6) is 0 Å². The Bertz CT molecular complexity index is 273. The maximum atomic E-state index is 9.03. The van der Waals surface area contributed by atoms with Crippen molar-refractivity contribution >= 4 is 15.9 Å². The summed E-state index contributed by atoms with van der Waals surface area (Å²) in [5.74, 6) is 0. The minimum atomic E-state index is -0.667. The topological polar surface area (TPSA) is 46.2 Å². The first-order valence-electron chi connectivity index (χ1n) is 3.72. The number of benzene rings is 1. The SMILES string of the molecule is CC(N)(CO)c1ccccc1Br. The quantitative estimate of drug-likeness (QED) is 0.810. The van der Waals surface area contributed by atoms with E-state index in [0.29, 0.717) is 0 Å². The molecule has 0 fully saturated rings. The summed E-state index contributed by atoms with van der Waals surface area (Å²) in [6, 6.07) is 7.64. The van der Waals surface area contributed by atoms with E-state index in [4.69, 9.17) is 10.8 Å². The molecule has 1 aromatic carbocycles. The van der Waals surface area contributed by atoms with E-state index in [1.165, 1.54) is 0 Å².